The molecule has 280 valence electrons. The van der Waals surface area contributed by atoms with Crippen LogP contribution in [0.1, 0.15) is 120 Å². The van der Waals surface area contributed by atoms with Crippen molar-refractivity contribution in [3.8, 4) is 0 Å². The first-order valence-corrected chi connectivity index (χ1v) is 18.9. The summed E-state index contributed by atoms with van der Waals surface area (Å²) in [4.78, 5) is 28.0. The second-order valence-electron chi connectivity index (χ2n) is 13.3. The molecule has 0 amide bonds. The maximum absolute atomic E-state index is 13.2. The first kappa shape index (κ1) is 43.1. The lowest BCUT2D eigenvalue weighted by Gasteiger charge is -2.36. The molecule has 2 aromatic rings. The van der Waals surface area contributed by atoms with Crippen molar-refractivity contribution in [3.05, 3.63) is 42.8 Å². The van der Waals surface area contributed by atoms with E-state index in [2.05, 4.69) is 26.1 Å². The molecule has 4 heterocycles. The van der Waals surface area contributed by atoms with Crippen molar-refractivity contribution in [2.75, 3.05) is 53.6 Å². The number of hydrogen-bond donors (Lipinski definition) is 2. The van der Waals surface area contributed by atoms with Gasteiger partial charge in [0.05, 0.1) is 31.9 Å². The number of carbonyl (C=O) groups excluding carboxylic acids is 2. The van der Waals surface area contributed by atoms with Crippen LogP contribution in [0.4, 0.5) is 17.6 Å². The van der Waals surface area contributed by atoms with Gasteiger partial charge in [0.15, 0.2) is 0 Å². The molecular weight excluding hydrogens is 681 g/mol. The van der Waals surface area contributed by atoms with Crippen LogP contribution in [-0.4, -0.2) is 87.3 Å². The molecular formula is C36H56F4N2O5S2. The zero-order chi connectivity index (χ0) is 36.9. The molecule has 0 spiro atoms. The van der Waals surface area contributed by atoms with E-state index in [0.29, 0.717) is 30.2 Å². The third-order valence-electron chi connectivity index (χ3n) is 9.45. The summed E-state index contributed by atoms with van der Waals surface area (Å²) in [7, 11) is 2.85. The number of aliphatic hydroxyl groups excluding tert-OH is 1. The van der Waals surface area contributed by atoms with Gasteiger partial charge in [-0.05, 0) is 113 Å². The van der Waals surface area contributed by atoms with Crippen LogP contribution in [0.5, 0.6) is 0 Å². The topological polar surface area (TPSA) is 88.1 Å². The number of ether oxygens (including phenoxy) is 2. The molecule has 0 saturated carbocycles. The van der Waals surface area contributed by atoms with E-state index in [1.54, 1.807) is 22.7 Å². The average molecular weight is 737 g/mol. The molecule has 2 aliphatic rings. The Morgan fingerprint density at radius 1 is 0.837 bits per heavy atom. The van der Waals surface area contributed by atoms with Crippen LogP contribution in [0, 0.1) is 25.7 Å². The van der Waals surface area contributed by atoms with E-state index in [-0.39, 0.29) is 18.5 Å². The van der Waals surface area contributed by atoms with Crippen molar-refractivity contribution in [3.63, 3.8) is 0 Å². The minimum atomic E-state index is -2.90. The number of rotatable bonds is 11. The largest absolute Gasteiger partial charge is 0.465 e. The first-order chi connectivity index (χ1) is 23.0. The molecule has 2 unspecified atom stereocenters. The summed E-state index contributed by atoms with van der Waals surface area (Å²) in [5.74, 6) is -3.82. The van der Waals surface area contributed by atoms with Gasteiger partial charge in [0, 0.05) is 34.4 Å². The van der Waals surface area contributed by atoms with Gasteiger partial charge in [0.1, 0.15) is 6.61 Å². The molecule has 7 nitrogen and oxygen atoms in total. The van der Waals surface area contributed by atoms with Crippen molar-refractivity contribution in [2.45, 2.75) is 104 Å². The molecule has 0 aliphatic carbocycles. The van der Waals surface area contributed by atoms with Gasteiger partial charge in [0.2, 0.25) is 0 Å². The van der Waals surface area contributed by atoms with Crippen LogP contribution in [0.15, 0.2) is 10.8 Å². The van der Waals surface area contributed by atoms with Crippen molar-refractivity contribution in [1.82, 2.24) is 10.2 Å². The predicted octanol–water partition coefficient (Wildman–Crippen LogP) is 8.67. The fraction of sp³-hybridized carbons (Fsp3) is 0.722. The molecule has 2 fully saturated rings. The van der Waals surface area contributed by atoms with Crippen LogP contribution in [0.25, 0.3) is 0 Å². The number of alkyl halides is 4. The standard InChI is InChI=1S/C18H27F2NO2S.C15H23NO2S.C3H6F2O/c1-5-14(16-12(2)15(10-24-16)17(22)23-4)13-6-8-21(9-7-13)11-18(3,19)20;1-4-12(11-5-7-16-8-6-11)14-10(2)13(9-19-14)15(17)18-3;1-3(4,5)2-6/h10,13-14H,5-9,11H2,1-4H3;9,11-12,16H,4-8H2,1-3H3;6H,2H2,1H3. The molecule has 4 rings (SSSR count). The lowest BCUT2D eigenvalue weighted by atomic mass is 9.80. The molecule has 13 heteroatoms. The fourth-order valence-corrected chi connectivity index (χ4v) is 9.51. The van der Waals surface area contributed by atoms with Crippen molar-refractivity contribution in [1.29, 1.82) is 0 Å². The summed E-state index contributed by atoms with van der Waals surface area (Å²) in [6.45, 7) is 12.6. The number of piperidine rings is 2. The number of nitrogens with zero attached hydrogens (tertiary/aromatic N) is 1. The molecule has 2 saturated heterocycles. The van der Waals surface area contributed by atoms with E-state index >= 15 is 0 Å². The van der Waals surface area contributed by atoms with E-state index in [0.717, 1.165) is 81.4 Å². The van der Waals surface area contributed by atoms with Crippen molar-refractivity contribution in [2.24, 2.45) is 11.8 Å². The van der Waals surface area contributed by atoms with Gasteiger partial charge in [-0.1, -0.05) is 13.8 Å². The Bertz CT molecular complexity index is 1290. The Kier molecular flexibility index (Phi) is 17.7. The third kappa shape index (κ3) is 13.2. The quantitative estimate of drug-likeness (QED) is 0.176. The summed E-state index contributed by atoms with van der Waals surface area (Å²) < 4.78 is 58.4. The number of halogens is 4. The Morgan fingerprint density at radius 3 is 1.55 bits per heavy atom. The molecule has 2 aromatic heterocycles. The number of nitrogens with one attached hydrogen (secondary N) is 1. The highest BCUT2D eigenvalue weighted by Gasteiger charge is 2.33. The molecule has 0 radical (unpaired) electrons. The van der Waals surface area contributed by atoms with Crippen molar-refractivity contribution >= 4 is 34.6 Å². The molecule has 2 aliphatic heterocycles. The van der Waals surface area contributed by atoms with E-state index in [1.807, 2.05) is 22.6 Å². The smallest absolute Gasteiger partial charge is 0.338 e. The van der Waals surface area contributed by atoms with E-state index in [9.17, 15) is 27.2 Å². The fourth-order valence-electron chi connectivity index (χ4n) is 6.84. The highest BCUT2D eigenvalue weighted by atomic mass is 32.1. The number of carbonyl (C=O) groups is 2. The van der Waals surface area contributed by atoms with E-state index in [4.69, 9.17) is 14.6 Å². The number of aliphatic hydroxyl groups is 1. The summed E-state index contributed by atoms with van der Waals surface area (Å²) in [6.07, 6.45) is 6.48. The van der Waals surface area contributed by atoms with Gasteiger partial charge in [0.25, 0.3) is 11.8 Å². The average Bonchev–Trinajstić information content (AvgIpc) is 3.64. The van der Waals surface area contributed by atoms with Gasteiger partial charge in [-0.25, -0.2) is 27.2 Å². The normalized spacial score (nSPS) is 17.7. The first-order valence-electron chi connectivity index (χ1n) is 17.1. The second kappa shape index (κ2) is 20.1. The van der Waals surface area contributed by atoms with Gasteiger partial charge in [-0.15, -0.1) is 22.7 Å². The monoisotopic (exact) mass is 736 g/mol. The molecule has 2 N–H and O–H groups in total. The molecule has 0 aromatic carbocycles. The Labute approximate surface area is 297 Å². The molecule has 0 bridgehead atoms. The van der Waals surface area contributed by atoms with Gasteiger partial charge in [-0.3, -0.25) is 4.90 Å². The number of likely N-dealkylation sites (tertiary alicyclic amines) is 1. The van der Waals surface area contributed by atoms with Gasteiger partial charge >= 0.3 is 11.9 Å². The Morgan fingerprint density at radius 2 is 1.22 bits per heavy atom. The third-order valence-corrected chi connectivity index (χ3v) is 11.9. The van der Waals surface area contributed by atoms with Crippen LogP contribution < -0.4 is 5.32 Å². The highest BCUT2D eigenvalue weighted by molar-refractivity contribution is 7.10. The summed E-state index contributed by atoms with van der Waals surface area (Å²) in [5.41, 5.74) is 3.54. The number of methoxy groups -OCH3 is 2. The predicted molar refractivity (Wildman–Crippen MR) is 190 cm³/mol. The molecule has 49 heavy (non-hydrogen) atoms. The van der Waals surface area contributed by atoms with Crippen LogP contribution in [0.3, 0.4) is 0 Å². The zero-order valence-electron chi connectivity index (χ0n) is 30.3. The van der Waals surface area contributed by atoms with E-state index < -0.39 is 18.5 Å². The summed E-state index contributed by atoms with van der Waals surface area (Å²) in [5, 5.41) is 14.9. The Balaban J connectivity index is 0.000000297. The highest BCUT2D eigenvalue weighted by Crippen LogP contribution is 2.41. The maximum Gasteiger partial charge on any atom is 0.338 e. The number of esters is 2. The summed E-state index contributed by atoms with van der Waals surface area (Å²) in [6, 6.07) is 0. The lowest BCUT2D eigenvalue weighted by molar-refractivity contribution is -0.0322. The lowest BCUT2D eigenvalue weighted by Crippen LogP contribution is -2.41. The van der Waals surface area contributed by atoms with E-state index in [1.165, 1.54) is 36.8 Å². The van der Waals surface area contributed by atoms with Gasteiger partial charge in [-0.2, -0.15) is 0 Å². The minimum Gasteiger partial charge on any atom is -0.465 e. The molecule has 2 atom stereocenters. The minimum absolute atomic E-state index is 0.152. The second-order valence-corrected chi connectivity index (χ2v) is 15.1. The van der Waals surface area contributed by atoms with Gasteiger partial charge < -0.3 is 19.9 Å². The van der Waals surface area contributed by atoms with Crippen LogP contribution >= 0.6 is 22.7 Å². The number of hydrogen-bond acceptors (Lipinski definition) is 9. The zero-order valence-corrected chi connectivity index (χ0v) is 31.9. The SMILES string of the molecule is CC(F)(F)CO.CCC(c1scc(C(=O)OC)c1C)C1CCN(CC(C)(F)F)CC1.CCC(c1scc(C(=O)OC)c1C)C1CCNCC1. The van der Waals surface area contributed by atoms with Crippen molar-refractivity contribution < 1.29 is 41.7 Å². The number of thiophene rings is 2. The van der Waals surface area contributed by atoms with Crippen LogP contribution in [0.2, 0.25) is 0 Å². The summed E-state index contributed by atoms with van der Waals surface area (Å²) >= 11 is 3.35. The maximum atomic E-state index is 13.2. The van der Waals surface area contributed by atoms with Crippen LogP contribution in [-0.2, 0) is 9.47 Å². The Hall–Kier alpha value is -2.06.